The Morgan fingerprint density at radius 2 is 1.65 bits per heavy atom. The van der Waals surface area contributed by atoms with Crippen molar-refractivity contribution in [2.45, 2.75) is 57.1 Å². The molecule has 5 heteroatoms. The number of nitrogens with one attached hydrogen (secondary N) is 1. The Morgan fingerprint density at radius 3 is 2.23 bits per heavy atom. The molecule has 4 saturated carbocycles. The molecule has 0 unspecified atom stereocenters. The quantitative estimate of drug-likeness (QED) is 0.795. The van der Waals surface area contributed by atoms with Gasteiger partial charge in [0.2, 0.25) is 0 Å². The molecule has 4 bridgehead atoms. The van der Waals surface area contributed by atoms with E-state index in [0.29, 0.717) is 5.75 Å². The summed E-state index contributed by atoms with van der Waals surface area (Å²) in [6.07, 6.45) is 6.45. The molecule has 26 heavy (non-hydrogen) atoms. The molecule has 1 aromatic rings. The third kappa shape index (κ3) is 3.71. The van der Waals surface area contributed by atoms with Gasteiger partial charge >= 0.3 is 5.97 Å². The second-order valence-corrected chi connectivity index (χ2v) is 8.42. The first-order valence-corrected chi connectivity index (χ1v) is 9.71. The molecule has 4 aliphatic rings. The normalized spacial score (nSPS) is 32.7. The summed E-state index contributed by atoms with van der Waals surface area (Å²) in [4.78, 5) is 24.6. The minimum atomic E-state index is -0.796. The van der Waals surface area contributed by atoms with Crippen LogP contribution in [-0.2, 0) is 14.3 Å². The number of esters is 1. The van der Waals surface area contributed by atoms with Gasteiger partial charge in [-0.2, -0.15) is 0 Å². The summed E-state index contributed by atoms with van der Waals surface area (Å²) < 4.78 is 10.6. The van der Waals surface area contributed by atoms with Crippen molar-refractivity contribution in [1.29, 1.82) is 0 Å². The molecule has 5 rings (SSSR count). The predicted molar refractivity (Wildman–Crippen MR) is 96.5 cm³/mol. The summed E-state index contributed by atoms with van der Waals surface area (Å²) >= 11 is 0. The van der Waals surface area contributed by atoms with Gasteiger partial charge in [-0.3, -0.25) is 4.79 Å². The minimum Gasteiger partial charge on any atom is -0.482 e. The van der Waals surface area contributed by atoms with Gasteiger partial charge in [0, 0.05) is 5.54 Å². The van der Waals surface area contributed by atoms with Gasteiger partial charge in [0.1, 0.15) is 5.75 Å². The number of hydrogen-bond acceptors (Lipinski definition) is 4. The summed E-state index contributed by atoms with van der Waals surface area (Å²) in [6, 6.07) is 9.10. The molecule has 0 heterocycles. The summed E-state index contributed by atoms with van der Waals surface area (Å²) in [5.41, 5.74) is -0.0625. The number of ether oxygens (including phenoxy) is 2. The summed E-state index contributed by atoms with van der Waals surface area (Å²) in [5.74, 6) is 2.19. The van der Waals surface area contributed by atoms with E-state index in [1.54, 1.807) is 19.1 Å². The van der Waals surface area contributed by atoms with Gasteiger partial charge in [-0.05, 0) is 75.3 Å². The van der Waals surface area contributed by atoms with Gasteiger partial charge in [0.15, 0.2) is 12.7 Å². The molecular weight excluding hydrogens is 330 g/mol. The van der Waals surface area contributed by atoms with E-state index in [9.17, 15) is 9.59 Å². The Bertz CT molecular complexity index is 637. The fourth-order valence-electron chi connectivity index (χ4n) is 5.57. The van der Waals surface area contributed by atoms with Crippen molar-refractivity contribution >= 4 is 11.9 Å². The topological polar surface area (TPSA) is 64.6 Å². The molecule has 0 spiro atoms. The van der Waals surface area contributed by atoms with Crippen LogP contribution in [-0.4, -0.2) is 30.1 Å². The molecule has 0 aromatic heterocycles. The van der Waals surface area contributed by atoms with Gasteiger partial charge < -0.3 is 14.8 Å². The zero-order valence-electron chi connectivity index (χ0n) is 15.3. The lowest BCUT2D eigenvalue weighted by Crippen LogP contribution is -2.61. The second kappa shape index (κ2) is 6.93. The summed E-state index contributed by atoms with van der Waals surface area (Å²) in [7, 11) is 0. The third-order valence-corrected chi connectivity index (χ3v) is 6.20. The molecule has 1 atom stereocenters. The first kappa shape index (κ1) is 17.4. The zero-order chi connectivity index (χ0) is 18.1. The molecule has 0 saturated heterocycles. The standard InChI is InChI=1S/C21H27NO4/c1-14(26-19(23)13-25-18-5-3-2-4-6-18)20(24)22-21-10-15-7-16(11-21)9-17(8-15)12-21/h2-6,14-17H,7-13H2,1H3,(H,22,24)/t14-,15?,16?,17?,21?/m1/s1. The lowest BCUT2D eigenvalue weighted by atomic mass is 9.53. The first-order valence-electron chi connectivity index (χ1n) is 9.71. The van der Waals surface area contributed by atoms with Crippen molar-refractivity contribution in [3.05, 3.63) is 30.3 Å². The van der Waals surface area contributed by atoms with Crippen LogP contribution in [0.4, 0.5) is 0 Å². The molecule has 5 nitrogen and oxygen atoms in total. The van der Waals surface area contributed by atoms with Crippen LogP contribution in [0.15, 0.2) is 30.3 Å². The van der Waals surface area contributed by atoms with E-state index in [-0.39, 0.29) is 18.1 Å². The SMILES string of the molecule is C[C@@H](OC(=O)COc1ccccc1)C(=O)NC12CC3CC(CC(C3)C1)C2. The first-order chi connectivity index (χ1) is 12.5. The molecule has 1 aromatic carbocycles. The third-order valence-electron chi connectivity index (χ3n) is 6.20. The van der Waals surface area contributed by atoms with E-state index in [2.05, 4.69) is 5.32 Å². The maximum absolute atomic E-state index is 12.6. The Hall–Kier alpha value is -2.04. The van der Waals surface area contributed by atoms with Crippen LogP contribution in [0.1, 0.15) is 45.4 Å². The van der Waals surface area contributed by atoms with Crippen LogP contribution in [0.5, 0.6) is 5.75 Å². The molecule has 0 radical (unpaired) electrons. The average Bonchev–Trinajstić information content (AvgIpc) is 2.59. The van der Waals surface area contributed by atoms with Gasteiger partial charge in [0.05, 0.1) is 0 Å². The largest absolute Gasteiger partial charge is 0.482 e. The van der Waals surface area contributed by atoms with Crippen LogP contribution in [0.2, 0.25) is 0 Å². The number of carbonyl (C=O) groups excluding carboxylic acids is 2. The lowest BCUT2D eigenvalue weighted by Gasteiger charge is -2.57. The molecule has 1 amide bonds. The van der Waals surface area contributed by atoms with Crippen molar-refractivity contribution in [3.63, 3.8) is 0 Å². The lowest BCUT2D eigenvalue weighted by molar-refractivity contribution is -0.158. The molecule has 1 N–H and O–H groups in total. The molecule has 0 aliphatic heterocycles. The van der Waals surface area contributed by atoms with Crippen molar-refractivity contribution < 1.29 is 19.1 Å². The van der Waals surface area contributed by atoms with Crippen molar-refractivity contribution in [2.24, 2.45) is 17.8 Å². The molecule has 4 aliphatic carbocycles. The Labute approximate surface area is 154 Å². The highest BCUT2D eigenvalue weighted by molar-refractivity contribution is 5.84. The summed E-state index contributed by atoms with van der Waals surface area (Å²) in [5, 5.41) is 3.25. The molecule has 140 valence electrons. The zero-order valence-corrected chi connectivity index (χ0v) is 15.3. The van der Waals surface area contributed by atoms with E-state index < -0.39 is 12.1 Å². The Balaban J connectivity index is 1.27. The van der Waals surface area contributed by atoms with Gasteiger partial charge in [-0.25, -0.2) is 4.79 Å². The fraction of sp³-hybridized carbons (Fsp3) is 0.619. The predicted octanol–water partition coefficient (Wildman–Crippen LogP) is 3.08. The fourth-order valence-corrected chi connectivity index (χ4v) is 5.57. The van der Waals surface area contributed by atoms with E-state index in [4.69, 9.17) is 9.47 Å². The van der Waals surface area contributed by atoms with Crippen molar-refractivity contribution in [1.82, 2.24) is 5.32 Å². The number of amides is 1. The number of para-hydroxylation sites is 1. The monoisotopic (exact) mass is 357 g/mol. The van der Waals surface area contributed by atoms with Crippen LogP contribution >= 0.6 is 0 Å². The van der Waals surface area contributed by atoms with Gasteiger partial charge in [-0.15, -0.1) is 0 Å². The highest BCUT2D eigenvalue weighted by Crippen LogP contribution is 2.55. The van der Waals surface area contributed by atoms with Crippen molar-refractivity contribution in [3.8, 4) is 5.75 Å². The Morgan fingerprint density at radius 1 is 1.08 bits per heavy atom. The van der Waals surface area contributed by atoms with E-state index in [1.807, 2.05) is 18.2 Å². The second-order valence-electron chi connectivity index (χ2n) is 8.42. The smallest absolute Gasteiger partial charge is 0.344 e. The van der Waals surface area contributed by atoms with E-state index in [1.165, 1.54) is 19.3 Å². The summed E-state index contributed by atoms with van der Waals surface area (Å²) in [6.45, 7) is 1.44. The molecular formula is C21H27NO4. The minimum absolute atomic E-state index is 0.0625. The van der Waals surface area contributed by atoms with Gasteiger partial charge in [0.25, 0.3) is 5.91 Å². The van der Waals surface area contributed by atoms with Crippen LogP contribution in [0.3, 0.4) is 0 Å². The van der Waals surface area contributed by atoms with Crippen LogP contribution in [0, 0.1) is 17.8 Å². The van der Waals surface area contributed by atoms with E-state index in [0.717, 1.165) is 37.0 Å². The number of hydrogen-bond donors (Lipinski definition) is 1. The molecule has 4 fully saturated rings. The van der Waals surface area contributed by atoms with Crippen molar-refractivity contribution in [2.75, 3.05) is 6.61 Å². The highest BCUT2D eigenvalue weighted by atomic mass is 16.6. The maximum Gasteiger partial charge on any atom is 0.344 e. The maximum atomic E-state index is 12.6. The number of benzene rings is 1. The number of carbonyl (C=O) groups is 2. The van der Waals surface area contributed by atoms with Crippen LogP contribution in [0.25, 0.3) is 0 Å². The number of rotatable bonds is 6. The Kier molecular flexibility index (Phi) is 4.63. The van der Waals surface area contributed by atoms with Crippen LogP contribution < -0.4 is 10.1 Å². The average molecular weight is 357 g/mol. The van der Waals surface area contributed by atoms with Gasteiger partial charge in [-0.1, -0.05) is 18.2 Å². The van der Waals surface area contributed by atoms with E-state index >= 15 is 0 Å². The highest BCUT2D eigenvalue weighted by Gasteiger charge is 2.51.